The molecule has 0 spiro atoms. The van der Waals surface area contributed by atoms with Gasteiger partial charge in [0.25, 0.3) is 5.91 Å². The van der Waals surface area contributed by atoms with Crippen LogP contribution < -0.4 is 10.1 Å². The van der Waals surface area contributed by atoms with Crippen LogP contribution in [0.15, 0.2) is 79.3 Å². The first-order valence-electron chi connectivity index (χ1n) is 9.36. The van der Waals surface area contributed by atoms with Gasteiger partial charge in [0.15, 0.2) is 0 Å². The van der Waals surface area contributed by atoms with Gasteiger partial charge in [-0.3, -0.25) is 9.20 Å². The van der Waals surface area contributed by atoms with Crippen LogP contribution >= 0.6 is 0 Å². The van der Waals surface area contributed by atoms with E-state index in [1.54, 1.807) is 25.4 Å². The van der Waals surface area contributed by atoms with Crippen LogP contribution in [0.1, 0.15) is 10.5 Å². The summed E-state index contributed by atoms with van der Waals surface area (Å²) in [6, 6.07) is 18.6. The molecule has 0 unspecified atom stereocenters. The Morgan fingerprint density at radius 3 is 2.80 bits per heavy atom. The van der Waals surface area contributed by atoms with Crippen molar-refractivity contribution >= 4 is 28.3 Å². The number of benzene rings is 2. The molecule has 0 fully saturated rings. The number of amides is 1. The Hall–Kier alpha value is -4.26. The van der Waals surface area contributed by atoms with Gasteiger partial charge in [-0.1, -0.05) is 24.3 Å². The van der Waals surface area contributed by atoms with Crippen LogP contribution in [-0.4, -0.2) is 32.4 Å². The molecule has 30 heavy (non-hydrogen) atoms. The van der Waals surface area contributed by atoms with Crippen molar-refractivity contribution in [1.82, 2.24) is 19.4 Å². The molecule has 1 N–H and O–H groups in total. The molecule has 146 valence electrons. The van der Waals surface area contributed by atoms with Gasteiger partial charge >= 0.3 is 0 Å². The van der Waals surface area contributed by atoms with Crippen molar-refractivity contribution in [2.75, 3.05) is 12.4 Å². The van der Waals surface area contributed by atoms with Crippen LogP contribution in [0.2, 0.25) is 0 Å². The molecule has 2 aromatic carbocycles. The zero-order chi connectivity index (χ0) is 20.5. The number of methoxy groups -OCH3 is 1. The van der Waals surface area contributed by atoms with E-state index in [1.807, 2.05) is 65.3 Å². The number of carbonyl (C=O) groups excluding carboxylic acids is 1. The van der Waals surface area contributed by atoms with E-state index < -0.39 is 0 Å². The number of imidazole rings is 1. The van der Waals surface area contributed by atoms with Gasteiger partial charge in [-0.25, -0.2) is 15.0 Å². The van der Waals surface area contributed by atoms with Crippen molar-refractivity contribution < 1.29 is 9.53 Å². The number of aromatic nitrogens is 4. The monoisotopic (exact) mass is 395 g/mol. The number of carbonyl (C=O) groups is 1. The van der Waals surface area contributed by atoms with Crippen LogP contribution in [0, 0.1) is 0 Å². The van der Waals surface area contributed by atoms with Crippen molar-refractivity contribution in [3.63, 3.8) is 0 Å². The molecule has 7 nitrogen and oxygen atoms in total. The Morgan fingerprint density at radius 1 is 1.03 bits per heavy atom. The fourth-order valence-electron chi connectivity index (χ4n) is 3.31. The summed E-state index contributed by atoms with van der Waals surface area (Å²) in [6.45, 7) is 0. The van der Waals surface area contributed by atoms with Crippen molar-refractivity contribution in [1.29, 1.82) is 0 Å². The van der Waals surface area contributed by atoms with E-state index in [2.05, 4.69) is 20.3 Å². The number of ether oxygens (including phenoxy) is 1. The number of para-hydroxylation sites is 1. The second kappa shape index (κ2) is 7.29. The Balaban J connectivity index is 1.49. The van der Waals surface area contributed by atoms with Crippen molar-refractivity contribution in [3.05, 3.63) is 84.9 Å². The number of fused-ring (bicyclic) bond motifs is 2. The Bertz CT molecular complexity index is 1360. The third-order valence-electron chi connectivity index (χ3n) is 4.81. The average molecular weight is 395 g/mol. The second-order valence-electron chi connectivity index (χ2n) is 6.71. The molecule has 0 bridgehead atoms. The van der Waals surface area contributed by atoms with Crippen molar-refractivity contribution in [2.45, 2.75) is 0 Å². The zero-order valence-electron chi connectivity index (χ0n) is 16.1. The Morgan fingerprint density at radius 2 is 1.93 bits per heavy atom. The fourth-order valence-corrected chi connectivity index (χ4v) is 3.31. The van der Waals surface area contributed by atoms with Crippen LogP contribution in [0.3, 0.4) is 0 Å². The molecule has 0 atom stereocenters. The lowest BCUT2D eigenvalue weighted by atomic mass is 10.1. The van der Waals surface area contributed by atoms with Gasteiger partial charge < -0.3 is 10.1 Å². The number of pyridine rings is 1. The molecule has 0 saturated heterocycles. The SMILES string of the molecule is COc1ccc(-c2cn3cccnc3n2)cc1NC(=O)c1ccc2ccccc2n1. The van der Waals surface area contributed by atoms with Crippen LogP contribution in [-0.2, 0) is 0 Å². The number of hydrogen-bond donors (Lipinski definition) is 1. The molecule has 5 aromatic rings. The van der Waals surface area contributed by atoms with Gasteiger partial charge in [-0.15, -0.1) is 0 Å². The summed E-state index contributed by atoms with van der Waals surface area (Å²) < 4.78 is 7.27. The normalized spacial score (nSPS) is 11.0. The average Bonchev–Trinajstić information content (AvgIpc) is 3.23. The third kappa shape index (κ3) is 3.22. The number of anilines is 1. The maximum absolute atomic E-state index is 12.9. The molecule has 3 heterocycles. The van der Waals surface area contributed by atoms with Gasteiger partial charge in [0.1, 0.15) is 11.4 Å². The van der Waals surface area contributed by atoms with E-state index >= 15 is 0 Å². The van der Waals surface area contributed by atoms with Gasteiger partial charge in [0, 0.05) is 29.5 Å². The van der Waals surface area contributed by atoms with Crippen molar-refractivity contribution in [3.8, 4) is 17.0 Å². The number of rotatable bonds is 4. The maximum atomic E-state index is 12.9. The highest BCUT2D eigenvalue weighted by atomic mass is 16.5. The first kappa shape index (κ1) is 17.8. The minimum Gasteiger partial charge on any atom is -0.495 e. The largest absolute Gasteiger partial charge is 0.495 e. The predicted molar refractivity (Wildman–Crippen MR) is 115 cm³/mol. The molecule has 0 radical (unpaired) electrons. The Labute approximate surface area is 172 Å². The predicted octanol–water partition coefficient (Wildman–Crippen LogP) is 4.21. The molecule has 7 heteroatoms. The molecule has 0 aliphatic rings. The molecule has 0 aliphatic heterocycles. The summed E-state index contributed by atoms with van der Waals surface area (Å²) in [5.41, 5.74) is 3.22. The van der Waals surface area contributed by atoms with Crippen LogP contribution in [0.5, 0.6) is 5.75 Å². The molecule has 1 amide bonds. The summed E-state index contributed by atoms with van der Waals surface area (Å²) in [5.74, 6) is 0.844. The van der Waals surface area contributed by atoms with E-state index in [0.29, 0.717) is 22.9 Å². The van der Waals surface area contributed by atoms with Crippen LogP contribution in [0.25, 0.3) is 27.9 Å². The highest BCUT2D eigenvalue weighted by Gasteiger charge is 2.14. The first-order chi connectivity index (χ1) is 14.7. The van der Waals surface area contributed by atoms with E-state index in [4.69, 9.17) is 4.74 Å². The molecule has 5 rings (SSSR count). The first-order valence-corrected chi connectivity index (χ1v) is 9.36. The molecule has 0 saturated carbocycles. The molecular formula is C23H17N5O2. The van der Waals surface area contributed by atoms with E-state index in [0.717, 1.165) is 22.2 Å². The number of hydrogen-bond acceptors (Lipinski definition) is 5. The quantitative estimate of drug-likeness (QED) is 0.493. The topological polar surface area (TPSA) is 81.4 Å². The zero-order valence-corrected chi connectivity index (χ0v) is 16.1. The molecule has 0 aliphatic carbocycles. The van der Waals surface area contributed by atoms with Crippen molar-refractivity contribution in [2.24, 2.45) is 0 Å². The lowest BCUT2D eigenvalue weighted by Gasteiger charge is -2.11. The smallest absolute Gasteiger partial charge is 0.274 e. The summed E-state index contributed by atoms with van der Waals surface area (Å²) in [5, 5.41) is 3.89. The highest BCUT2D eigenvalue weighted by Crippen LogP contribution is 2.30. The maximum Gasteiger partial charge on any atom is 0.274 e. The summed E-state index contributed by atoms with van der Waals surface area (Å²) >= 11 is 0. The van der Waals surface area contributed by atoms with E-state index in [-0.39, 0.29) is 5.91 Å². The third-order valence-corrected chi connectivity index (χ3v) is 4.81. The summed E-state index contributed by atoms with van der Waals surface area (Å²) in [7, 11) is 1.56. The Kier molecular flexibility index (Phi) is 4.33. The van der Waals surface area contributed by atoms with Gasteiger partial charge in [-0.2, -0.15) is 0 Å². The van der Waals surface area contributed by atoms with Crippen LogP contribution in [0.4, 0.5) is 5.69 Å². The van der Waals surface area contributed by atoms with E-state index in [1.165, 1.54) is 0 Å². The lowest BCUT2D eigenvalue weighted by molar-refractivity contribution is 0.102. The lowest BCUT2D eigenvalue weighted by Crippen LogP contribution is -2.14. The number of nitrogens with one attached hydrogen (secondary N) is 1. The standard InChI is InChI=1S/C23H17N5O2/c1-30-21-10-8-16(20-14-28-12-4-11-24-23(28)27-20)13-19(21)26-22(29)18-9-7-15-5-2-3-6-17(15)25-18/h2-14H,1H3,(H,26,29). The molecular weight excluding hydrogens is 378 g/mol. The fraction of sp³-hybridized carbons (Fsp3) is 0.0435. The van der Waals surface area contributed by atoms with Gasteiger partial charge in [0.2, 0.25) is 5.78 Å². The van der Waals surface area contributed by atoms with E-state index in [9.17, 15) is 4.79 Å². The minimum absolute atomic E-state index is 0.312. The van der Waals surface area contributed by atoms with Gasteiger partial charge in [0.05, 0.1) is 24.0 Å². The second-order valence-corrected chi connectivity index (χ2v) is 6.71. The highest BCUT2D eigenvalue weighted by molar-refractivity contribution is 6.05. The minimum atomic E-state index is -0.312. The summed E-state index contributed by atoms with van der Waals surface area (Å²) in [6.07, 6.45) is 5.47. The molecule has 3 aromatic heterocycles. The number of nitrogens with zero attached hydrogens (tertiary/aromatic N) is 4. The van der Waals surface area contributed by atoms with Gasteiger partial charge in [-0.05, 0) is 36.4 Å². The summed E-state index contributed by atoms with van der Waals surface area (Å²) in [4.78, 5) is 26.1.